The number of ether oxygens (including phenoxy) is 3. The summed E-state index contributed by atoms with van der Waals surface area (Å²) in [5.74, 6) is 0.593. The largest absolute Gasteiger partial charge is 0.479 e. The molecule has 2 aromatic heterocycles. The monoisotopic (exact) mass is 536 g/mol. The van der Waals surface area contributed by atoms with E-state index in [2.05, 4.69) is 20.0 Å². The Hall–Kier alpha value is -2.80. The number of nitrogens with one attached hydrogen (secondary N) is 1. The third-order valence-electron chi connectivity index (χ3n) is 5.75. The predicted molar refractivity (Wildman–Crippen MR) is 135 cm³/mol. The van der Waals surface area contributed by atoms with Crippen molar-refractivity contribution in [3.05, 3.63) is 36.7 Å². The van der Waals surface area contributed by atoms with Crippen LogP contribution in [0.5, 0.6) is 11.6 Å². The number of methoxy groups -OCH3 is 1. The molecule has 0 aliphatic carbocycles. The van der Waals surface area contributed by atoms with Gasteiger partial charge in [0.15, 0.2) is 11.2 Å². The van der Waals surface area contributed by atoms with Crippen LogP contribution in [0.25, 0.3) is 11.2 Å². The number of hydrogen-bond donors (Lipinski definition) is 3. The molecule has 4 rings (SSSR count). The van der Waals surface area contributed by atoms with Gasteiger partial charge in [0.05, 0.1) is 32.3 Å². The molecular weight excluding hydrogens is 503 g/mol. The van der Waals surface area contributed by atoms with Gasteiger partial charge in [-0.15, -0.1) is 0 Å². The summed E-state index contributed by atoms with van der Waals surface area (Å²) in [6, 6.07) is 8.75. The van der Waals surface area contributed by atoms with Crippen molar-refractivity contribution in [1.82, 2.24) is 24.6 Å². The number of hydrogen-bond acceptors (Lipinski definition) is 11. The van der Waals surface area contributed by atoms with Gasteiger partial charge >= 0.3 is 7.75 Å². The average Bonchev–Trinajstić information content (AvgIpc) is 3.46. The second-order valence-corrected chi connectivity index (χ2v) is 10.5. The molecule has 37 heavy (non-hydrogen) atoms. The van der Waals surface area contributed by atoms with Crippen molar-refractivity contribution < 1.29 is 32.9 Å². The number of imidazole rings is 1. The van der Waals surface area contributed by atoms with Gasteiger partial charge in [-0.25, -0.2) is 9.55 Å². The van der Waals surface area contributed by atoms with Gasteiger partial charge in [-0.1, -0.05) is 18.2 Å². The molecule has 4 atom stereocenters. The molecule has 1 fully saturated rings. The molecule has 1 aromatic carbocycles. The second-order valence-electron chi connectivity index (χ2n) is 8.79. The number of rotatable bonds is 13. The number of nitrogen functional groups attached to an aromatic ring is 1. The summed E-state index contributed by atoms with van der Waals surface area (Å²) in [5, 5.41) is 12.4. The fraction of sp³-hybridized carbons (Fsp3) is 0.522. The summed E-state index contributed by atoms with van der Waals surface area (Å²) < 4.78 is 43.8. The molecule has 1 saturated heterocycles. The highest BCUT2D eigenvalue weighted by molar-refractivity contribution is 7.52. The lowest BCUT2D eigenvalue weighted by Gasteiger charge is -2.22. The third-order valence-corrected chi connectivity index (χ3v) is 7.21. The van der Waals surface area contributed by atoms with E-state index in [4.69, 9.17) is 29.0 Å². The molecule has 0 bridgehead atoms. The Morgan fingerprint density at radius 3 is 2.78 bits per heavy atom. The van der Waals surface area contributed by atoms with Crippen LogP contribution in [0.1, 0.15) is 32.9 Å². The van der Waals surface area contributed by atoms with Crippen molar-refractivity contribution in [1.29, 1.82) is 0 Å². The number of benzene rings is 1. The van der Waals surface area contributed by atoms with E-state index in [0.29, 0.717) is 29.8 Å². The smallest absolute Gasteiger partial charge is 0.460 e. The topological polar surface area (TPSA) is 165 Å². The lowest BCUT2D eigenvalue weighted by molar-refractivity contribution is -0.0310. The van der Waals surface area contributed by atoms with Crippen molar-refractivity contribution in [2.24, 2.45) is 5.92 Å². The van der Waals surface area contributed by atoms with E-state index in [0.717, 1.165) is 0 Å². The Morgan fingerprint density at radius 1 is 1.30 bits per heavy atom. The van der Waals surface area contributed by atoms with Crippen molar-refractivity contribution in [2.45, 2.75) is 45.1 Å². The van der Waals surface area contributed by atoms with Crippen LogP contribution in [0.3, 0.4) is 0 Å². The SMILES string of the molecule is COc1nc(N)nc2c1ncn2C1OC(COP(=O)(NCOC(C)C)Oc2ccccc2)C[C@@H]1CCO. The molecule has 0 spiro atoms. The fourth-order valence-corrected chi connectivity index (χ4v) is 5.27. The molecule has 3 unspecified atom stereocenters. The van der Waals surface area contributed by atoms with E-state index in [1.807, 2.05) is 19.9 Å². The van der Waals surface area contributed by atoms with Crippen LogP contribution in [0.15, 0.2) is 36.7 Å². The van der Waals surface area contributed by atoms with E-state index in [1.54, 1.807) is 35.2 Å². The highest BCUT2D eigenvalue weighted by Gasteiger charge is 2.39. The summed E-state index contributed by atoms with van der Waals surface area (Å²) in [7, 11) is -2.32. The second kappa shape index (κ2) is 12.2. The number of anilines is 1. The minimum Gasteiger partial charge on any atom is -0.479 e. The molecule has 13 nitrogen and oxygen atoms in total. The zero-order valence-corrected chi connectivity index (χ0v) is 21.9. The minimum atomic E-state index is -3.80. The first-order valence-corrected chi connectivity index (χ1v) is 13.5. The maximum Gasteiger partial charge on any atom is 0.460 e. The lowest BCUT2D eigenvalue weighted by Crippen LogP contribution is -2.25. The van der Waals surface area contributed by atoms with Crippen LogP contribution >= 0.6 is 7.75 Å². The van der Waals surface area contributed by atoms with Crippen molar-refractivity contribution in [3.8, 4) is 11.6 Å². The van der Waals surface area contributed by atoms with Gasteiger partial charge in [-0.3, -0.25) is 9.09 Å². The lowest BCUT2D eigenvalue weighted by atomic mass is 10.00. The van der Waals surface area contributed by atoms with E-state index in [-0.39, 0.29) is 43.8 Å². The maximum atomic E-state index is 13.5. The number of nitrogens with two attached hydrogens (primary N) is 1. The standard InChI is InChI=1S/C23H33N6O7P/c1-15(2)33-14-26-37(31,36-17-7-5-4-6-8-17)34-12-18-11-16(9-10-30)22(35-18)29-13-25-19-20(29)27-23(24)28-21(19)32-3/h4-8,13,15-16,18,22,30H,9-12,14H2,1-3H3,(H,26,31)(H2,24,27,28)/t16-,18?,22?,37?/m0/s1. The molecule has 0 saturated carbocycles. The Labute approximate surface area is 214 Å². The van der Waals surface area contributed by atoms with Crippen LogP contribution in [-0.2, 0) is 18.6 Å². The molecule has 1 aliphatic heterocycles. The van der Waals surface area contributed by atoms with E-state index >= 15 is 0 Å². The highest BCUT2D eigenvalue weighted by Crippen LogP contribution is 2.46. The van der Waals surface area contributed by atoms with Crippen LogP contribution < -0.4 is 20.1 Å². The zero-order chi connectivity index (χ0) is 26.4. The predicted octanol–water partition coefficient (Wildman–Crippen LogP) is 2.88. The number of para-hydroxylation sites is 1. The first kappa shape index (κ1) is 27.2. The van der Waals surface area contributed by atoms with Crippen molar-refractivity contribution in [3.63, 3.8) is 0 Å². The van der Waals surface area contributed by atoms with Gasteiger partial charge in [0.1, 0.15) is 18.7 Å². The summed E-state index contributed by atoms with van der Waals surface area (Å²) in [6.07, 6.45) is 1.55. The van der Waals surface area contributed by atoms with Gasteiger partial charge in [0, 0.05) is 12.5 Å². The van der Waals surface area contributed by atoms with Crippen LogP contribution in [-0.4, -0.2) is 63.9 Å². The summed E-state index contributed by atoms with van der Waals surface area (Å²) in [4.78, 5) is 12.7. The molecule has 0 amide bonds. The average molecular weight is 537 g/mol. The van der Waals surface area contributed by atoms with Crippen molar-refractivity contribution in [2.75, 3.05) is 32.8 Å². The molecule has 4 N–H and O–H groups in total. The molecule has 202 valence electrons. The van der Waals surface area contributed by atoms with Gasteiger partial charge < -0.3 is 29.6 Å². The van der Waals surface area contributed by atoms with E-state index in [1.165, 1.54) is 7.11 Å². The van der Waals surface area contributed by atoms with Gasteiger partial charge in [0.2, 0.25) is 11.8 Å². The first-order valence-electron chi connectivity index (χ1n) is 12.0. The van der Waals surface area contributed by atoms with Crippen LogP contribution in [0, 0.1) is 5.92 Å². The molecule has 14 heteroatoms. The normalized spacial score (nSPS) is 21.4. The Morgan fingerprint density at radius 2 is 2.08 bits per heavy atom. The number of aromatic nitrogens is 4. The Balaban J connectivity index is 1.50. The number of aliphatic hydroxyl groups excluding tert-OH is 1. The number of fused-ring (bicyclic) bond motifs is 1. The van der Waals surface area contributed by atoms with E-state index in [9.17, 15) is 9.67 Å². The van der Waals surface area contributed by atoms with Crippen molar-refractivity contribution >= 4 is 24.9 Å². The molecule has 3 heterocycles. The Bertz CT molecular complexity index is 1210. The zero-order valence-electron chi connectivity index (χ0n) is 21.0. The van der Waals surface area contributed by atoms with Gasteiger partial charge in [-0.2, -0.15) is 15.1 Å². The number of aliphatic hydroxyl groups is 1. The summed E-state index contributed by atoms with van der Waals surface area (Å²) in [6.45, 7) is 3.66. The van der Waals surface area contributed by atoms with Gasteiger partial charge in [0.25, 0.3) is 0 Å². The molecule has 3 aromatic rings. The van der Waals surface area contributed by atoms with Crippen LogP contribution in [0.4, 0.5) is 5.95 Å². The molecular formula is C23H33N6O7P. The maximum absolute atomic E-state index is 13.5. The quantitative estimate of drug-likeness (QED) is 0.216. The highest BCUT2D eigenvalue weighted by atomic mass is 31.2. The minimum absolute atomic E-state index is 0.0208. The molecule has 1 aliphatic rings. The van der Waals surface area contributed by atoms with E-state index < -0.39 is 20.1 Å². The fourth-order valence-electron chi connectivity index (χ4n) is 4.07. The first-order chi connectivity index (χ1) is 17.8. The summed E-state index contributed by atoms with van der Waals surface area (Å²) >= 11 is 0. The van der Waals surface area contributed by atoms with Crippen LogP contribution in [0.2, 0.25) is 0 Å². The number of nitrogens with zero attached hydrogens (tertiary/aromatic N) is 4. The van der Waals surface area contributed by atoms with Gasteiger partial charge in [-0.05, 0) is 38.8 Å². The Kier molecular flexibility index (Phi) is 8.95. The summed E-state index contributed by atoms with van der Waals surface area (Å²) in [5.41, 5.74) is 6.75. The third kappa shape index (κ3) is 6.75. The molecule has 0 radical (unpaired) electrons.